The van der Waals surface area contributed by atoms with E-state index in [9.17, 15) is 0 Å². The van der Waals surface area contributed by atoms with Gasteiger partial charge in [-0.2, -0.15) is 0 Å². The van der Waals surface area contributed by atoms with Crippen LogP contribution in [0.5, 0.6) is 0 Å². The van der Waals surface area contributed by atoms with Crippen LogP contribution in [0.25, 0.3) is 22.3 Å². The molecule has 2 aromatic carbocycles. The van der Waals surface area contributed by atoms with Crippen molar-refractivity contribution >= 4 is 34.1 Å². The molecule has 0 unspecified atom stereocenters. The Morgan fingerprint density at radius 3 is 2.63 bits per heavy atom. The quantitative estimate of drug-likeness (QED) is 0.260. The van der Waals surface area contributed by atoms with Gasteiger partial charge in [0.15, 0.2) is 4.34 Å². The summed E-state index contributed by atoms with van der Waals surface area (Å²) in [4.78, 5) is 9.52. The molecule has 2 aromatic heterocycles. The number of imidazole rings is 1. The molecule has 4 aromatic rings. The Bertz CT molecular complexity index is 1000. The van der Waals surface area contributed by atoms with Gasteiger partial charge in [0.25, 0.3) is 0 Å². The van der Waals surface area contributed by atoms with Crippen molar-refractivity contribution in [2.45, 2.75) is 37.1 Å². The Labute approximate surface area is 168 Å². The summed E-state index contributed by atoms with van der Waals surface area (Å²) in [5.74, 6) is 2.30. The van der Waals surface area contributed by atoms with E-state index >= 15 is 0 Å². The molecule has 0 amide bonds. The lowest BCUT2D eigenvalue weighted by atomic mass is 10.2. The second kappa shape index (κ2) is 8.72. The van der Waals surface area contributed by atoms with Crippen LogP contribution in [0.2, 0.25) is 0 Å². The summed E-state index contributed by atoms with van der Waals surface area (Å²) in [7, 11) is 0. The van der Waals surface area contributed by atoms with Crippen LogP contribution >= 0.6 is 23.1 Å². The fourth-order valence-electron chi connectivity index (χ4n) is 3.24. The molecule has 3 nitrogen and oxygen atoms in total. The smallest absolute Gasteiger partial charge is 0.150 e. The zero-order valence-electron chi connectivity index (χ0n) is 15.5. The Morgan fingerprint density at radius 2 is 1.78 bits per heavy atom. The molecule has 0 aliphatic carbocycles. The highest BCUT2D eigenvalue weighted by Gasteiger charge is 2.09. The van der Waals surface area contributed by atoms with E-state index in [-0.39, 0.29) is 0 Å². The first-order chi connectivity index (χ1) is 13.3. The number of hydrogen-bond acceptors (Lipinski definition) is 4. The Morgan fingerprint density at radius 1 is 0.963 bits per heavy atom. The fraction of sp³-hybridized carbons (Fsp3) is 0.273. The highest BCUT2D eigenvalue weighted by atomic mass is 32.2. The van der Waals surface area contributed by atoms with Crippen LogP contribution < -0.4 is 0 Å². The van der Waals surface area contributed by atoms with Gasteiger partial charge in [0, 0.05) is 29.7 Å². The summed E-state index contributed by atoms with van der Waals surface area (Å²) in [5.41, 5.74) is 4.65. The van der Waals surface area contributed by atoms with Crippen LogP contribution in [-0.4, -0.2) is 20.3 Å². The molecule has 0 spiro atoms. The zero-order valence-corrected chi connectivity index (χ0v) is 17.1. The first-order valence-corrected chi connectivity index (χ1v) is 11.3. The summed E-state index contributed by atoms with van der Waals surface area (Å²) < 4.78 is 3.55. The van der Waals surface area contributed by atoms with Crippen LogP contribution in [0, 0.1) is 0 Å². The average molecular weight is 394 g/mol. The third-order valence-corrected chi connectivity index (χ3v) is 6.71. The van der Waals surface area contributed by atoms with Crippen molar-refractivity contribution in [1.82, 2.24) is 14.5 Å². The normalized spacial score (nSPS) is 11.3. The molecule has 0 N–H and O–H groups in total. The molecular weight excluding hydrogens is 370 g/mol. The number of nitrogens with zero attached hydrogens (tertiary/aromatic N) is 3. The largest absolute Gasteiger partial charge is 0.328 e. The van der Waals surface area contributed by atoms with E-state index < -0.39 is 0 Å². The van der Waals surface area contributed by atoms with Gasteiger partial charge in [-0.05, 0) is 25.0 Å². The van der Waals surface area contributed by atoms with E-state index in [1.165, 1.54) is 23.3 Å². The van der Waals surface area contributed by atoms with Gasteiger partial charge in [-0.1, -0.05) is 61.2 Å². The SMILES string of the molecule is CCc1nc2ccccc2n1CCCCSc1nc(-c2ccccc2)cs1. The topological polar surface area (TPSA) is 30.7 Å². The lowest BCUT2D eigenvalue weighted by molar-refractivity contribution is 0.622. The predicted octanol–water partition coefficient (Wildman–Crippen LogP) is 6.29. The zero-order chi connectivity index (χ0) is 18.5. The van der Waals surface area contributed by atoms with Crippen LogP contribution in [0.3, 0.4) is 0 Å². The van der Waals surface area contributed by atoms with Crippen molar-refractivity contribution in [2.75, 3.05) is 5.75 Å². The maximum atomic E-state index is 4.76. The van der Waals surface area contributed by atoms with E-state index in [4.69, 9.17) is 9.97 Å². The van der Waals surface area contributed by atoms with Gasteiger partial charge < -0.3 is 4.57 Å². The molecule has 0 atom stereocenters. The molecule has 4 rings (SSSR count). The lowest BCUT2D eigenvalue weighted by Gasteiger charge is -2.07. The third-order valence-electron chi connectivity index (χ3n) is 4.60. The molecule has 0 saturated heterocycles. The average Bonchev–Trinajstić information content (AvgIpc) is 3.33. The van der Waals surface area contributed by atoms with E-state index in [1.807, 2.05) is 17.8 Å². The first-order valence-electron chi connectivity index (χ1n) is 9.43. The van der Waals surface area contributed by atoms with Crippen LogP contribution in [-0.2, 0) is 13.0 Å². The van der Waals surface area contributed by atoms with Crippen molar-refractivity contribution in [2.24, 2.45) is 0 Å². The van der Waals surface area contributed by atoms with Gasteiger partial charge in [0.05, 0.1) is 16.7 Å². The number of aromatic nitrogens is 3. The highest BCUT2D eigenvalue weighted by Crippen LogP contribution is 2.28. The number of rotatable bonds is 8. The minimum absolute atomic E-state index is 0.977. The number of fused-ring (bicyclic) bond motifs is 1. The van der Waals surface area contributed by atoms with Gasteiger partial charge in [0.2, 0.25) is 0 Å². The molecule has 0 aliphatic heterocycles. The molecule has 138 valence electrons. The molecule has 0 bridgehead atoms. The molecule has 0 saturated carbocycles. The van der Waals surface area contributed by atoms with Crippen molar-refractivity contribution in [3.05, 3.63) is 65.8 Å². The maximum Gasteiger partial charge on any atom is 0.150 e. The van der Waals surface area contributed by atoms with Crippen molar-refractivity contribution in [3.8, 4) is 11.3 Å². The minimum Gasteiger partial charge on any atom is -0.328 e. The van der Waals surface area contributed by atoms with Gasteiger partial charge in [-0.25, -0.2) is 9.97 Å². The van der Waals surface area contributed by atoms with Gasteiger partial charge in [0.1, 0.15) is 5.82 Å². The van der Waals surface area contributed by atoms with E-state index in [2.05, 4.69) is 65.4 Å². The lowest BCUT2D eigenvalue weighted by Crippen LogP contribution is -2.03. The molecular formula is C22H23N3S2. The summed E-state index contributed by atoms with van der Waals surface area (Å²) in [5, 5.41) is 2.16. The van der Waals surface area contributed by atoms with Gasteiger partial charge in [-0.15, -0.1) is 11.3 Å². The maximum absolute atomic E-state index is 4.76. The van der Waals surface area contributed by atoms with E-state index in [0.29, 0.717) is 0 Å². The third kappa shape index (κ3) is 4.25. The van der Waals surface area contributed by atoms with Gasteiger partial charge >= 0.3 is 0 Å². The van der Waals surface area contributed by atoms with Crippen LogP contribution in [0.4, 0.5) is 0 Å². The Kier molecular flexibility index (Phi) is 5.90. The van der Waals surface area contributed by atoms with Crippen LogP contribution in [0.1, 0.15) is 25.6 Å². The summed E-state index contributed by atoms with van der Waals surface area (Å²) in [6, 6.07) is 18.8. The molecule has 0 fully saturated rings. The second-order valence-electron chi connectivity index (χ2n) is 6.44. The monoisotopic (exact) mass is 393 g/mol. The molecule has 0 aliphatic rings. The molecule has 2 heterocycles. The summed E-state index contributed by atoms with van der Waals surface area (Å²) >= 11 is 3.61. The second-order valence-corrected chi connectivity index (χ2v) is 8.64. The Hall–Kier alpha value is -2.11. The number of para-hydroxylation sites is 2. The predicted molar refractivity (Wildman–Crippen MR) is 117 cm³/mol. The standard InChI is InChI=1S/C22H23N3S2/c1-2-21-23-18-12-6-7-13-20(18)25(21)14-8-9-15-26-22-24-19(16-27-22)17-10-4-3-5-11-17/h3-7,10-13,16H,2,8-9,14-15H2,1H3. The number of thiazole rings is 1. The van der Waals surface area contributed by atoms with E-state index in [0.717, 1.165) is 40.7 Å². The summed E-state index contributed by atoms with van der Waals surface area (Å²) in [6.45, 7) is 3.22. The van der Waals surface area contributed by atoms with Crippen molar-refractivity contribution in [1.29, 1.82) is 0 Å². The fourth-order valence-corrected chi connectivity index (χ4v) is 5.15. The number of hydrogen-bond donors (Lipinski definition) is 0. The number of aryl methyl sites for hydroxylation is 2. The van der Waals surface area contributed by atoms with E-state index in [1.54, 1.807) is 11.3 Å². The molecule has 5 heteroatoms. The van der Waals surface area contributed by atoms with Crippen LogP contribution in [0.15, 0.2) is 64.3 Å². The molecule has 0 radical (unpaired) electrons. The summed E-state index contributed by atoms with van der Waals surface area (Å²) in [6.07, 6.45) is 3.32. The minimum atomic E-state index is 0.977. The number of unbranched alkanes of at least 4 members (excludes halogenated alkanes) is 1. The number of thioether (sulfide) groups is 1. The molecule has 27 heavy (non-hydrogen) atoms. The van der Waals surface area contributed by atoms with Gasteiger partial charge in [-0.3, -0.25) is 0 Å². The Balaban J connectivity index is 1.30. The highest BCUT2D eigenvalue weighted by molar-refractivity contribution is 8.01. The first kappa shape index (κ1) is 18.3. The van der Waals surface area contributed by atoms with Crippen molar-refractivity contribution in [3.63, 3.8) is 0 Å². The number of benzene rings is 2. The van der Waals surface area contributed by atoms with Crippen molar-refractivity contribution < 1.29 is 0 Å².